The number of carbonyl (C=O) groups excluding carboxylic acids is 1. The Morgan fingerprint density at radius 2 is 1.95 bits per heavy atom. The first-order valence-electron chi connectivity index (χ1n) is 13.1. The van der Waals surface area contributed by atoms with Crippen LogP contribution in [0.25, 0.3) is 11.3 Å². The van der Waals surface area contributed by atoms with E-state index in [-0.39, 0.29) is 34.1 Å². The zero-order valence-electron chi connectivity index (χ0n) is 21.3. The second kappa shape index (κ2) is 9.69. The number of hydrogen-bond acceptors (Lipinski definition) is 7. The number of aromatic nitrogens is 1. The highest BCUT2D eigenvalue weighted by Crippen LogP contribution is 2.46. The highest BCUT2D eigenvalue weighted by atomic mass is 35.5. The Morgan fingerprint density at radius 3 is 2.73 bits per heavy atom. The van der Waals surface area contributed by atoms with Crippen molar-refractivity contribution < 1.29 is 18.7 Å². The van der Waals surface area contributed by atoms with Crippen LogP contribution in [0.5, 0.6) is 5.75 Å². The van der Waals surface area contributed by atoms with Crippen LogP contribution in [0.2, 0.25) is 5.02 Å². The van der Waals surface area contributed by atoms with Gasteiger partial charge in [-0.15, -0.1) is 0 Å². The number of hydrogen-bond donors (Lipinski definition) is 1. The summed E-state index contributed by atoms with van der Waals surface area (Å²) >= 11 is 6.89. The maximum atomic E-state index is 15.0. The highest BCUT2D eigenvalue weighted by Gasteiger charge is 2.46. The molecule has 1 amide bonds. The monoisotopic (exact) mass is 529 g/mol. The van der Waals surface area contributed by atoms with Gasteiger partial charge >= 0.3 is 0 Å². The van der Waals surface area contributed by atoms with Gasteiger partial charge in [-0.2, -0.15) is 0 Å². The molecule has 3 fully saturated rings. The third-order valence-corrected chi connectivity index (χ3v) is 8.48. The van der Waals surface area contributed by atoms with Crippen molar-refractivity contribution in [2.75, 3.05) is 64.0 Å². The lowest BCUT2D eigenvalue weighted by molar-refractivity contribution is 0.0196. The van der Waals surface area contributed by atoms with Gasteiger partial charge in [0.15, 0.2) is 5.75 Å². The number of morpholine rings is 1. The molecule has 1 N–H and O–H groups in total. The molecule has 3 saturated heterocycles. The molecule has 4 aliphatic heterocycles. The van der Waals surface area contributed by atoms with E-state index in [0.717, 1.165) is 39.3 Å². The van der Waals surface area contributed by atoms with Crippen molar-refractivity contribution in [1.82, 2.24) is 20.1 Å². The van der Waals surface area contributed by atoms with Crippen LogP contribution in [-0.2, 0) is 4.74 Å². The van der Waals surface area contributed by atoms with E-state index < -0.39 is 5.82 Å². The summed E-state index contributed by atoms with van der Waals surface area (Å²) in [5, 5.41) is 3.52. The average Bonchev–Trinajstić information content (AvgIpc) is 3.14. The van der Waals surface area contributed by atoms with Gasteiger partial charge in [0.2, 0.25) is 0 Å². The van der Waals surface area contributed by atoms with Gasteiger partial charge in [-0.3, -0.25) is 9.69 Å². The highest BCUT2D eigenvalue weighted by molar-refractivity contribution is 6.35. The minimum atomic E-state index is -0.420. The molecule has 0 saturated carbocycles. The fourth-order valence-corrected chi connectivity index (χ4v) is 6.45. The van der Waals surface area contributed by atoms with Crippen LogP contribution in [0, 0.1) is 5.82 Å². The molecule has 0 radical (unpaired) electrons. The van der Waals surface area contributed by atoms with Crippen LogP contribution < -0.4 is 15.0 Å². The van der Waals surface area contributed by atoms with Gasteiger partial charge in [0, 0.05) is 56.4 Å². The molecule has 8 nitrogen and oxygen atoms in total. The van der Waals surface area contributed by atoms with Crippen LogP contribution >= 0.6 is 11.6 Å². The van der Waals surface area contributed by atoms with Crippen molar-refractivity contribution in [2.45, 2.75) is 37.9 Å². The fourth-order valence-electron chi connectivity index (χ4n) is 6.15. The number of fused-ring (bicyclic) bond motifs is 2. The summed E-state index contributed by atoms with van der Waals surface area (Å²) in [7, 11) is 0. The quantitative estimate of drug-likeness (QED) is 0.655. The maximum Gasteiger partial charge on any atom is 0.261 e. The standard InChI is InChI=1S/C27H33ClFN5O3/c1-27(2)13-17(32-9-11-36-12-10-32)15-34(27)25-21-24(37-16-18-14-30-7-8-33(18)26(21)35)22(28)23(31-25)19-5-3-4-6-20(19)29/h3-6,17-18,30H,7-16H2,1-2H3/t17?,18-/m1/s1. The predicted molar refractivity (Wildman–Crippen MR) is 140 cm³/mol. The lowest BCUT2D eigenvalue weighted by Gasteiger charge is -2.36. The number of halogens is 2. The van der Waals surface area contributed by atoms with E-state index in [4.69, 9.17) is 26.1 Å². The molecule has 2 atom stereocenters. The second-order valence-corrected chi connectivity index (χ2v) is 11.3. The van der Waals surface area contributed by atoms with E-state index in [2.05, 4.69) is 29.0 Å². The number of rotatable bonds is 3. The number of benzene rings is 1. The van der Waals surface area contributed by atoms with Gasteiger partial charge in [0.25, 0.3) is 5.91 Å². The fraction of sp³-hybridized carbons (Fsp3) is 0.556. The number of nitrogens with zero attached hydrogens (tertiary/aromatic N) is 4. The Hall–Kier alpha value is -2.46. The van der Waals surface area contributed by atoms with Crippen molar-refractivity contribution in [3.8, 4) is 17.0 Å². The molecular formula is C27H33ClFN5O3. The van der Waals surface area contributed by atoms with Crippen molar-refractivity contribution in [3.63, 3.8) is 0 Å². The van der Waals surface area contributed by atoms with Crippen molar-refractivity contribution in [1.29, 1.82) is 0 Å². The topological polar surface area (TPSA) is 70.2 Å². The first-order chi connectivity index (χ1) is 17.8. The molecule has 0 aliphatic carbocycles. The summed E-state index contributed by atoms with van der Waals surface area (Å²) < 4.78 is 26.9. The van der Waals surface area contributed by atoms with Gasteiger partial charge < -0.3 is 24.6 Å². The van der Waals surface area contributed by atoms with Crippen molar-refractivity contribution in [3.05, 3.63) is 40.7 Å². The van der Waals surface area contributed by atoms with Gasteiger partial charge in [-0.05, 0) is 32.4 Å². The summed E-state index contributed by atoms with van der Waals surface area (Å²) in [5.41, 5.74) is 0.674. The summed E-state index contributed by atoms with van der Waals surface area (Å²) in [6, 6.07) is 6.63. The SMILES string of the molecule is CC1(C)CC(N2CCOCC2)CN1c1nc(-c2ccccc2F)c(Cl)c2c1C(=O)N1CCNC[C@@H]1CO2. The summed E-state index contributed by atoms with van der Waals surface area (Å²) in [6.07, 6.45) is 0.909. The molecule has 4 aliphatic rings. The first-order valence-corrected chi connectivity index (χ1v) is 13.5. The largest absolute Gasteiger partial charge is 0.489 e. The van der Waals surface area contributed by atoms with E-state index in [1.54, 1.807) is 18.2 Å². The molecule has 1 aromatic heterocycles. The van der Waals surface area contributed by atoms with E-state index in [9.17, 15) is 9.18 Å². The molecule has 2 aromatic rings. The van der Waals surface area contributed by atoms with Crippen LogP contribution in [0.4, 0.5) is 10.2 Å². The van der Waals surface area contributed by atoms with E-state index in [1.165, 1.54) is 6.07 Å². The second-order valence-electron chi connectivity index (χ2n) is 10.9. The zero-order chi connectivity index (χ0) is 25.7. The van der Waals surface area contributed by atoms with E-state index in [1.807, 2.05) is 4.90 Å². The lowest BCUT2D eigenvalue weighted by atomic mass is 9.98. The van der Waals surface area contributed by atoms with Crippen molar-refractivity contribution in [2.24, 2.45) is 0 Å². The molecule has 0 spiro atoms. The van der Waals surface area contributed by atoms with Gasteiger partial charge in [-0.25, -0.2) is 9.37 Å². The van der Waals surface area contributed by atoms with Crippen molar-refractivity contribution >= 4 is 23.3 Å². The number of carbonyl (C=O) groups is 1. The minimum Gasteiger partial charge on any atom is -0.489 e. The van der Waals surface area contributed by atoms with Crippen LogP contribution in [0.1, 0.15) is 30.6 Å². The zero-order valence-corrected chi connectivity index (χ0v) is 22.1. The van der Waals surface area contributed by atoms with Gasteiger partial charge in [0.05, 0.1) is 24.9 Å². The van der Waals surface area contributed by atoms with Crippen LogP contribution in [0.15, 0.2) is 24.3 Å². The molecule has 37 heavy (non-hydrogen) atoms. The third-order valence-electron chi connectivity index (χ3n) is 8.13. The molecule has 5 heterocycles. The number of amides is 1. The molecule has 10 heteroatoms. The first kappa shape index (κ1) is 24.9. The predicted octanol–water partition coefficient (Wildman–Crippen LogP) is 3.04. The molecule has 1 unspecified atom stereocenters. The molecular weight excluding hydrogens is 497 g/mol. The van der Waals surface area contributed by atoms with Gasteiger partial charge in [-0.1, -0.05) is 23.7 Å². The van der Waals surface area contributed by atoms with E-state index >= 15 is 0 Å². The number of piperazine rings is 1. The Bertz CT molecular complexity index is 1200. The summed E-state index contributed by atoms with van der Waals surface area (Å²) in [4.78, 5) is 25.6. The Morgan fingerprint density at radius 1 is 1.16 bits per heavy atom. The third kappa shape index (κ3) is 4.35. The minimum absolute atomic E-state index is 0.109. The number of pyridine rings is 1. The average molecular weight is 530 g/mol. The summed E-state index contributed by atoms with van der Waals surface area (Å²) in [6.45, 7) is 10.5. The Labute approximate surface area is 221 Å². The molecule has 1 aromatic carbocycles. The van der Waals surface area contributed by atoms with E-state index in [0.29, 0.717) is 49.1 Å². The Kier molecular flexibility index (Phi) is 6.51. The normalized spacial score (nSPS) is 25.9. The molecule has 0 bridgehead atoms. The lowest BCUT2D eigenvalue weighted by Crippen LogP contribution is -2.55. The molecule has 198 valence electrons. The maximum absolute atomic E-state index is 15.0. The Balaban J connectivity index is 1.51. The van der Waals surface area contributed by atoms with Gasteiger partial charge in [0.1, 0.15) is 28.8 Å². The number of nitrogens with one attached hydrogen (secondary N) is 1. The number of ether oxygens (including phenoxy) is 2. The molecule has 6 rings (SSSR count). The smallest absolute Gasteiger partial charge is 0.261 e. The van der Waals surface area contributed by atoms with Crippen LogP contribution in [-0.4, -0.2) is 97.4 Å². The summed E-state index contributed by atoms with van der Waals surface area (Å²) in [5.74, 6) is 0.267. The number of anilines is 1. The van der Waals surface area contributed by atoms with Crippen LogP contribution in [0.3, 0.4) is 0 Å².